The van der Waals surface area contributed by atoms with Crippen LogP contribution in [0.2, 0.25) is 0 Å². The molecule has 0 radical (unpaired) electrons. The summed E-state index contributed by atoms with van der Waals surface area (Å²) in [6.07, 6.45) is 6.40. The van der Waals surface area contributed by atoms with Crippen molar-refractivity contribution < 1.29 is 4.43 Å². The average molecular weight is 217 g/mol. The third-order valence-corrected chi connectivity index (χ3v) is 3.75. The molecule has 0 heterocycles. The zero-order valence-electron chi connectivity index (χ0n) is 10.2. The van der Waals surface area contributed by atoms with Gasteiger partial charge in [0.05, 0.1) is 0 Å². The van der Waals surface area contributed by atoms with Crippen molar-refractivity contribution in [2.75, 3.05) is 19.7 Å². The second-order valence-corrected chi connectivity index (χ2v) is 5.42. The van der Waals surface area contributed by atoms with Gasteiger partial charge in [0, 0.05) is 6.61 Å². The van der Waals surface area contributed by atoms with Crippen molar-refractivity contribution in [3.8, 4) is 0 Å². The quantitative estimate of drug-likeness (QED) is 0.411. The van der Waals surface area contributed by atoms with E-state index >= 15 is 0 Å². The predicted octanol–water partition coefficient (Wildman–Crippen LogP) is 2.31. The fraction of sp³-hybridized carbons (Fsp3) is 1.00. The minimum absolute atomic E-state index is 0.393. The van der Waals surface area contributed by atoms with Crippen molar-refractivity contribution in [2.24, 2.45) is 0 Å². The Morgan fingerprint density at radius 3 is 1.93 bits per heavy atom. The molecule has 0 aromatic heterocycles. The molecule has 2 nitrogen and oxygen atoms in total. The monoisotopic (exact) mass is 217 g/mol. The Hall–Kier alpha value is 0.137. The molecule has 0 amide bonds. The minimum Gasteiger partial charge on any atom is -0.408 e. The summed E-state index contributed by atoms with van der Waals surface area (Å²) in [4.78, 5) is 0. The summed E-state index contributed by atoms with van der Waals surface area (Å²) in [6.45, 7) is 10.2. The summed E-state index contributed by atoms with van der Waals surface area (Å²) in [7, 11) is -0.393. The van der Waals surface area contributed by atoms with Crippen LogP contribution < -0.4 is 0 Å². The van der Waals surface area contributed by atoms with E-state index in [1.807, 2.05) is 0 Å². The first-order valence-corrected chi connectivity index (χ1v) is 7.36. The molecule has 86 valence electrons. The SMILES string of the molecule is CCCCN(CCCC)[SiH2]OCCC. The van der Waals surface area contributed by atoms with Gasteiger partial charge in [0.1, 0.15) is 0 Å². The molecule has 0 rings (SSSR count). The van der Waals surface area contributed by atoms with E-state index < -0.39 is 9.92 Å². The average Bonchev–Trinajstić information content (AvgIpc) is 2.21. The summed E-state index contributed by atoms with van der Waals surface area (Å²) in [5, 5.41) is 0. The van der Waals surface area contributed by atoms with E-state index in [9.17, 15) is 0 Å². The summed E-state index contributed by atoms with van der Waals surface area (Å²) < 4.78 is 8.28. The topological polar surface area (TPSA) is 12.5 Å². The number of hydrogen-bond donors (Lipinski definition) is 0. The van der Waals surface area contributed by atoms with Crippen molar-refractivity contribution in [3.05, 3.63) is 0 Å². The van der Waals surface area contributed by atoms with E-state index in [1.165, 1.54) is 38.8 Å². The Morgan fingerprint density at radius 1 is 0.929 bits per heavy atom. The lowest BCUT2D eigenvalue weighted by Crippen LogP contribution is -2.32. The van der Waals surface area contributed by atoms with Gasteiger partial charge in [0.15, 0.2) is 0 Å². The maximum Gasteiger partial charge on any atom is 0.238 e. The van der Waals surface area contributed by atoms with Gasteiger partial charge in [-0.2, -0.15) is 0 Å². The van der Waals surface area contributed by atoms with Crippen LogP contribution in [-0.2, 0) is 4.43 Å². The number of rotatable bonds is 10. The maximum atomic E-state index is 5.70. The Labute approximate surface area is 92.0 Å². The van der Waals surface area contributed by atoms with Crippen LogP contribution in [0.5, 0.6) is 0 Å². The van der Waals surface area contributed by atoms with Crippen LogP contribution in [0, 0.1) is 0 Å². The number of nitrogens with zero attached hydrogens (tertiary/aromatic N) is 1. The lowest BCUT2D eigenvalue weighted by atomic mass is 10.3. The molecular formula is C11H27NOSi. The Morgan fingerprint density at radius 2 is 1.50 bits per heavy atom. The molecule has 0 aliphatic carbocycles. The first-order valence-electron chi connectivity index (χ1n) is 6.15. The fourth-order valence-corrected chi connectivity index (χ4v) is 2.72. The van der Waals surface area contributed by atoms with Crippen LogP contribution in [0.15, 0.2) is 0 Å². The van der Waals surface area contributed by atoms with E-state index in [-0.39, 0.29) is 0 Å². The fourth-order valence-electron chi connectivity index (χ4n) is 1.34. The van der Waals surface area contributed by atoms with Crippen molar-refractivity contribution in [1.82, 2.24) is 4.57 Å². The first-order chi connectivity index (χ1) is 6.85. The Kier molecular flexibility index (Phi) is 11.3. The number of unbranched alkanes of at least 4 members (excludes halogenated alkanes) is 2. The first kappa shape index (κ1) is 14.1. The van der Waals surface area contributed by atoms with Crippen molar-refractivity contribution in [1.29, 1.82) is 0 Å². The van der Waals surface area contributed by atoms with E-state index in [0.717, 1.165) is 13.0 Å². The molecule has 0 unspecified atom stereocenters. The zero-order valence-corrected chi connectivity index (χ0v) is 11.6. The van der Waals surface area contributed by atoms with Crippen LogP contribution >= 0.6 is 0 Å². The Balaban J connectivity index is 3.49. The number of hydrogen-bond acceptors (Lipinski definition) is 2. The standard InChI is InChI=1S/C11H27NOSi/c1-4-7-9-12(10-8-5-2)14-13-11-6-3/h4-11,14H2,1-3H3. The molecule has 0 bridgehead atoms. The molecule has 0 aromatic rings. The van der Waals surface area contributed by atoms with Gasteiger partial charge in [-0.3, -0.25) is 0 Å². The predicted molar refractivity (Wildman–Crippen MR) is 66.2 cm³/mol. The van der Waals surface area contributed by atoms with E-state index in [4.69, 9.17) is 4.43 Å². The van der Waals surface area contributed by atoms with Crippen molar-refractivity contribution in [3.63, 3.8) is 0 Å². The molecule has 0 aromatic carbocycles. The van der Waals surface area contributed by atoms with Gasteiger partial charge in [-0.25, -0.2) is 0 Å². The van der Waals surface area contributed by atoms with Gasteiger partial charge >= 0.3 is 0 Å². The van der Waals surface area contributed by atoms with Crippen LogP contribution in [0.1, 0.15) is 52.9 Å². The van der Waals surface area contributed by atoms with E-state index in [2.05, 4.69) is 25.3 Å². The second kappa shape index (κ2) is 11.2. The lowest BCUT2D eigenvalue weighted by molar-refractivity contribution is 0.276. The van der Waals surface area contributed by atoms with Gasteiger partial charge in [0.2, 0.25) is 9.92 Å². The highest BCUT2D eigenvalue weighted by Crippen LogP contribution is 1.98. The van der Waals surface area contributed by atoms with E-state index in [0.29, 0.717) is 0 Å². The van der Waals surface area contributed by atoms with Crippen LogP contribution in [0.4, 0.5) is 0 Å². The third kappa shape index (κ3) is 8.72. The lowest BCUT2D eigenvalue weighted by Gasteiger charge is -2.21. The van der Waals surface area contributed by atoms with E-state index in [1.54, 1.807) is 0 Å². The van der Waals surface area contributed by atoms with Crippen LogP contribution in [-0.4, -0.2) is 34.2 Å². The van der Waals surface area contributed by atoms with Gasteiger partial charge in [0.25, 0.3) is 0 Å². The summed E-state index contributed by atoms with van der Waals surface area (Å²) in [5.41, 5.74) is 0. The van der Waals surface area contributed by atoms with Crippen LogP contribution in [0.3, 0.4) is 0 Å². The zero-order chi connectivity index (χ0) is 10.6. The largest absolute Gasteiger partial charge is 0.408 e. The van der Waals surface area contributed by atoms with Gasteiger partial charge in [-0.05, 0) is 32.4 Å². The maximum absolute atomic E-state index is 5.70. The molecule has 0 spiro atoms. The smallest absolute Gasteiger partial charge is 0.238 e. The minimum atomic E-state index is -0.393. The molecule has 0 aliphatic heterocycles. The Bertz CT molecular complexity index is 103. The van der Waals surface area contributed by atoms with Crippen molar-refractivity contribution in [2.45, 2.75) is 52.9 Å². The summed E-state index contributed by atoms with van der Waals surface area (Å²) in [5.74, 6) is 0. The molecule has 0 atom stereocenters. The molecule has 0 aliphatic rings. The molecule has 0 fully saturated rings. The third-order valence-electron chi connectivity index (χ3n) is 2.28. The molecule has 3 heteroatoms. The highest BCUT2D eigenvalue weighted by Gasteiger charge is 2.03. The second-order valence-electron chi connectivity index (χ2n) is 3.86. The molecule has 0 saturated heterocycles. The summed E-state index contributed by atoms with van der Waals surface area (Å²) in [6, 6.07) is 0. The molecular weight excluding hydrogens is 190 g/mol. The highest BCUT2D eigenvalue weighted by atomic mass is 28.2. The van der Waals surface area contributed by atoms with Crippen molar-refractivity contribution >= 4 is 9.92 Å². The van der Waals surface area contributed by atoms with Gasteiger partial charge in [-0.1, -0.05) is 33.6 Å². The molecule has 0 N–H and O–H groups in total. The summed E-state index contributed by atoms with van der Waals surface area (Å²) >= 11 is 0. The normalized spacial score (nSPS) is 12.0. The van der Waals surface area contributed by atoms with Gasteiger partial charge in [-0.15, -0.1) is 0 Å². The molecule has 0 saturated carbocycles. The van der Waals surface area contributed by atoms with Gasteiger partial charge < -0.3 is 8.99 Å². The van der Waals surface area contributed by atoms with Crippen LogP contribution in [0.25, 0.3) is 0 Å². The molecule has 14 heavy (non-hydrogen) atoms. The highest BCUT2D eigenvalue weighted by molar-refractivity contribution is 6.23.